The number of carboxylic acids is 1. The van der Waals surface area contributed by atoms with Crippen LogP contribution in [0.25, 0.3) is 0 Å². The van der Waals surface area contributed by atoms with E-state index >= 15 is 0 Å². The van der Waals surface area contributed by atoms with Crippen LogP contribution in [0.1, 0.15) is 31.7 Å². The number of benzene rings is 1. The molecular weight excluding hydrogens is 344 g/mol. The van der Waals surface area contributed by atoms with Gasteiger partial charge in [-0.3, -0.25) is 19.3 Å². The fraction of sp³-hybridized carbons (Fsp3) is 0.500. The van der Waals surface area contributed by atoms with Gasteiger partial charge in [-0.15, -0.1) is 12.4 Å². The van der Waals surface area contributed by atoms with Gasteiger partial charge in [0.2, 0.25) is 5.91 Å². The summed E-state index contributed by atoms with van der Waals surface area (Å²) in [5.41, 5.74) is 1.77. The third-order valence-electron chi connectivity index (χ3n) is 5.05. The number of anilines is 1. The average molecular weight is 367 g/mol. The maximum Gasteiger partial charge on any atom is 0.306 e. The molecule has 0 bridgehead atoms. The first-order valence-electron chi connectivity index (χ1n) is 8.44. The Kier molecular flexibility index (Phi) is 6.19. The van der Waals surface area contributed by atoms with Crippen molar-refractivity contribution < 1.29 is 19.5 Å². The Balaban J connectivity index is 0.00000225. The molecule has 0 aliphatic carbocycles. The van der Waals surface area contributed by atoms with Crippen LogP contribution in [-0.2, 0) is 20.8 Å². The number of carbonyl (C=O) groups excluding carboxylic acids is 2. The Labute approximate surface area is 153 Å². The molecule has 2 saturated heterocycles. The zero-order valence-electron chi connectivity index (χ0n) is 14.2. The molecule has 7 heteroatoms. The molecular formula is C18H23ClN2O4. The van der Waals surface area contributed by atoms with E-state index in [9.17, 15) is 14.4 Å². The summed E-state index contributed by atoms with van der Waals surface area (Å²) in [7, 11) is 0. The molecule has 3 rings (SSSR count). The van der Waals surface area contributed by atoms with E-state index in [0.717, 1.165) is 12.0 Å². The number of rotatable bonds is 4. The van der Waals surface area contributed by atoms with Crippen molar-refractivity contribution in [2.45, 2.75) is 38.6 Å². The summed E-state index contributed by atoms with van der Waals surface area (Å²) in [5, 5.41) is 9.07. The van der Waals surface area contributed by atoms with Crippen molar-refractivity contribution in [1.29, 1.82) is 0 Å². The van der Waals surface area contributed by atoms with Gasteiger partial charge >= 0.3 is 5.97 Å². The minimum atomic E-state index is -0.777. The van der Waals surface area contributed by atoms with Gasteiger partial charge in [0, 0.05) is 0 Å². The highest BCUT2D eigenvalue weighted by Gasteiger charge is 2.43. The number of nitrogens with zero attached hydrogens (tertiary/aromatic N) is 2. The van der Waals surface area contributed by atoms with E-state index in [1.807, 2.05) is 29.2 Å². The zero-order chi connectivity index (χ0) is 17.3. The Hall–Kier alpha value is -1.92. The first-order chi connectivity index (χ1) is 11.5. The molecule has 1 aromatic rings. The Morgan fingerprint density at radius 2 is 1.76 bits per heavy atom. The molecule has 1 unspecified atom stereocenters. The fourth-order valence-corrected chi connectivity index (χ4v) is 3.51. The topological polar surface area (TPSA) is 77.9 Å². The second-order valence-corrected chi connectivity index (χ2v) is 6.46. The fourth-order valence-electron chi connectivity index (χ4n) is 3.51. The number of aryl methyl sites for hydroxylation is 1. The predicted molar refractivity (Wildman–Crippen MR) is 95.9 cm³/mol. The third-order valence-corrected chi connectivity index (χ3v) is 5.05. The number of amides is 2. The summed E-state index contributed by atoms with van der Waals surface area (Å²) in [5.74, 6) is -1.50. The van der Waals surface area contributed by atoms with E-state index in [-0.39, 0.29) is 36.6 Å². The largest absolute Gasteiger partial charge is 0.481 e. The summed E-state index contributed by atoms with van der Waals surface area (Å²) >= 11 is 0. The molecule has 2 amide bonds. The molecule has 2 aliphatic rings. The number of aliphatic carboxylic acids is 1. The van der Waals surface area contributed by atoms with Crippen molar-refractivity contribution in [3.63, 3.8) is 0 Å². The standard InChI is InChI=1S/C18H22N2O4.ClH/c1-2-12-3-5-14(6-4-12)20-16(21)11-15(17(20)22)19-9-7-13(8-10-19)18(23)24;/h3-6,13,15H,2,7-11H2,1H3,(H,23,24);1H. The maximum absolute atomic E-state index is 12.7. The van der Waals surface area contributed by atoms with Gasteiger partial charge in [0.05, 0.1) is 24.1 Å². The molecule has 6 nitrogen and oxygen atoms in total. The predicted octanol–water partition coefficient (Wildman–Crippen LogP) is 2.10. The van der Waals surface area contributed by atoms with Crippen LogP contribution < -0.4 is 4.90 Å². The van der Waals surface area contributed by atoms with Gasteiger partial charge in [-0.2, -0.15) is 0 Å². The number of likely N-dealkylation sites (tertiary alicyclic amines) is 1. The normalized spacial score (nSPS) is 22.1. The highest BCUT2D eigenvalue weighted by Crippen LogP contribution is 2.28. The van der Waals surface area contributed by atoms with Gasteiger partial charge in [0.25, 0.3) is 5.91 Å². The lowest BCUT2D eigenvalue weighted by molar-refractivity contribution is -0.143. The minimum Gasteiger partial charge on any atom is -0.481 e. The quantitative estimate of drug-likeness (QED) is 0.826. The lowest BCUT2D eigenvalue weighted by Gasteiger charge is -2.33. The van der Waals surface area contributed by atoms with Gasteiger partial charge in [-0.25, -0.2) is 4.90 Å². The number of halogens is 1. The molecule has 0 saturated carbocycles. The van der Waals surface area contributed by atoms with Crippen LogP contribution in [0.5, 0.6) is 0 Å². The smallest absolute Gasteiger partial charge is 0.306 e. The third kappa shape index (κ3) is 3.85. The molecule has 136 valence electrons. The van der Waals surface area contributed by atoms with Gasteiger partial charge in [0.1, 0.15) is 0 Å². The van der Waals surface area contributed by atoms with Crippen LogP contribution in [-0.4, -0.2) is 46.9 Å². The molecule has 2 fully saturated rings. The van der Waals surface area contributed by atoms with E-state index in [0.29, 0.717) is 31.6 Å². The van der Waals surface area contributed by atoms with Crippen molar-refractivity contribution >= 4 is 35.9 Å². The molecule has 1 N–H and O–H groups in total. The molecule has 0 radical (unpaired) electrons. The summed E-state index contributed by atoms with van der Waals surface area (Å²) in [6, 6.07) is 7.03. The minimum absolute atomic E-state index is 0. The van der Waals surface area contributed by atoms with Crippen molar-refractivity contribution in [2.75, 3.05) is 18.0 Å². The highest BCUT2D eigenvalue weighted by molar-refractivity contribution is 6.22. The van der Waals surface area contributed by atoms with E-state index < -0.39 is 12.0 Å². The van der Waals surface area contributed by atoms with Gasteiger partial charge in [-0.1, -0.05) is 19.1 Å². The van der Waals surface area contributed by atoms with Crippen LogP contribution in [0, 0.1) is 5.92 Å². The van der Waals surface area contributed by atoms with Gasteiger partial charge < -0.3 is 5.11 Å². The van der Waals surface area contributed by atoms with Crippen molar-refractivity contribution in [3.8, 4) is 0 Å². The average Bonchev–Trinajstić information content (AvgIpc) is 2.89. The van der Waals surface area contributed by atoms with Gasteiger partial charge in [-0.05, 0) is 50.0 Å². The number of hydrogen-bond donors (Lipinski definition) is 1. The first-order valence-corrected chi connectivity index (χ1v) is 8.44. The molecule has 25 heavy (non-hydrogen) atoms. The number of carbonyl (C=O) groups is 3. The Morgan fingerprint density at radius 3 is 2.28 bits per heavy atom. The van der Waals surface area contributed by atoms with Crippen molar-refractivity contribution in [1.82, 2.24) is 4.90 Å². The molecule has 1 atom stereocenters. The van der Waals surface area contributed by atoms with E-state index in [2.05, 4.69) is 6.92 Å². The van der Waals surface area contributed by atoms with E-state index in [1.54, 1.807) is 0 Å². The second kappa shape index (κ2) is 7.97. The monoisotopic (exact) mass is 366 g/mol. The number of hydrogen-bond acceptors (Lipinski definition) is 4. The van der Waals surface area contributed by atoms with Crippen LogP contribution >= 0.6 is 12.4 Å². The van der Waals surface area contributed by atoms with Crippen LogP contribution in [0.3, 0.4) is 0 Å². The lowest BCUT2D eigenvalue weighted by atomic mass is 9.96. The summed E-state index contributed by atoms with van der Waals surface area (Å²) < 4.78 is 0. The van der Waals surface area contributed by atoms with Crippen molar-refractivity contribution in [2.24, 2.45) is 5.92 Å². The molecule has 2 heterocycles. The maximum atomic E-state index is 12.7. The highest BCUT2D eigenvalue weighted by atomic mass is 35.5. The molecule has 2 aliphatic heterocycles. The number of piperidine rings is 1. The number of imide groups is 1. The second-order valence-electron chi connectivity index (χ2n) is 6.46. The number of carboxylic acid groups (broad SMARTS) is 1. The summed E-state index contributed by atoms with van der Waals surface area (Å²) in [4.78, 5) is 39.4. The molecule has 1 aromatic carbocycles. The molecule has 0 spiro atoms. The first kappa shape index (κ1) is 19.4. The van der Waals surface area contributed by atoms with Crippen LogP contribution in [0.15, 0.2) is 24.3 Å². The van der Waals surface area contributed by atoms with Gasteiger partial charge in [0.15, 0.2) is 0 Å². The zero-order valence-corrected chi connectivity index (χ0v) is 15.0. The Morgan fingerprint density at radius 1 is 1.16 bits per heavy atom. The molecule has 0 aromatic heterocycles. The summed E-state index contributed by atoms with van der Waals surface area (Å²) in [6.45, 7) is 3.14. The Bertz CT molecular complexity index is 654. The summed E-state index contributed by atoms with van der Waals surface area (Å²) in [6.07, 6.45) is 2.13. The van der Waals surface area contributed by atoms with Crippen molar-refractivity contribution in [3.05, 3.63) is 29.8 Å². The van der Waals surface area contributed by atoms with Crippen LogP contribution in [0.4, 0.5) is 5.69 Å². The lowest BCUT2D eigenvalue weighted by Crippen LogP contribution is -2.46. The van der Waals surface area contributed by atoms with E-state index in [4.69, 9.17) is 5.11 Å². The van der Waals surface area contributed by atoms with Crippen LogP contribution in [0.2, 0.25) is 0 Å². The SMILES string of the molecule is CCc1ccc(N2C(=O)CC(N3CCC(C(=O)O)CC3)C2=O)cc1.Cl. The van der Waals surface area contributed by atoms with E-state index in [1.165, 1.54) is 4.90 Å².